The molecule has 1 aromatic carbocycles. The van der Waals surface area contributed by atoms with Crippen LogP contribution in [0.5, 0.6) is 0 Å². The molecule has 7 heteroatoms. The summed E-state index contributed by atoms with van der Waals surface area (Å²) in [5.41, 5.74) is 5.78. The molecule has 1 aromatic heterocycles. The lowest BCUT2D eigenvalue weighted by Gasteiger charge is -2.56. The van der Waals surface area contributed by atoms with Crippen molar-refractivity contribution in [3.05, 3.63) is 42.1 Å². The normalized spacial score (nSPS) is 28.3. The fraction of sp³-hybridized carbons (Fsp3) is 0.500. The molecular weight excluding hydrogens is 392 g/mol. The van der Waals surface area contributed by atoms with Gasteiger partial charge < -0.3 is 5.32 Å². The van der Waals surface area contributed by atoms with Crippen molar-refractivity contribution in [2.45, 2.75) is 44.9 Å². The number of hydrazine groups is 1. The van der Waals surface area contributed by atoms with Crippen LogP contribution in [0.4, 0.5) is 0 Å². The van der Waals surface area contributed by atoms with Crippen LogP contribution in [0, 0.1) is 23.2 Å². The number of para-hydroxylation sites is 1. The number of pyridine rings is 1. The lowest BCUT2D eigenvalue weighted by atomic mass is 9.49. The average Bonchev–Trinajstić information content (AvgIpc) is 2.74. The van der Waals surface area contributed by atoms with Crippen molar-refractivity contribution in [3.8, 4) is 0 Å². The zero-order chi connectivity index (χ0) is 21.4. The minimum absolute atomic E-state index is 0.0698. The van der Waals surface area contributed by atoms with Crippen molar-refractivity contribution in [1.29, 1.82) is 0 Å². The number of carbonyl (C=O) groups excluding carboxylic acids is 3. The summed E-state index contributed by atoms with van der Waals surface area (Å²) in [6, 6.07) is 10.9. The number of rotatable bonds is 5. The smallest absolute Gasteiger partial charge is 0.288 e. The topological polar surface area (TPSA) is 100 Å². The first-order valence-corrected chi connectivity index (χ1v) is 11.2. The Morgan fingerprint density at radius 1 is 0.871 bits per heavy atom. The number of nitrogens with one attached hydrogen (secondary N) is 3. The van der Waals surface area contributed by atoms with E-state index in [-0.39, 0.29) is 23.6 Å². The first-order chi connectivity index (χ1) is 15.0. The molecule has 4 aliphatic carbocycles. The molecule has 0 spiro atoms. The fourth-order valence-electron chi connectivity index (χ4n) is 6.52. The molecule has 3 amide bonds. The highest BCUT2D eigenvalue weighted by Gasteiger charge is 2.51. The zero-order valence-electron chi connectivity index (χ0n) is 17.5. The summed E-state index contributed by atoms with van der Waals surface area (Å²) >= 11 is 0. The van der Waals surface area contributed by atoms with E-state index in [1.165, 1.54) is 19.3 Å². The van der Waals surface area contributed by atoms with E-state index in [1.54, 1.807) is 6.07 Å². The zero-order valence-corrected chi connectivity index (χ0v) is 17.5. The van der Waals surface area contributed by atoms with Crippen molar-refractivity contribution < 1.29 is 14.4 Å². The summed E-state index contributed by atoms with van der Waals surface area (Å²) in [5.74, 6) is 1.34. The molecule has 0 aliphatic heterocycles. The summed E-state index contributed by atoms with van der Waals surface area (Å²) in [5, 5.41) is 3.66. The van der Waals surface area contributed by atoms with Crippen molar-refractivity contribution >= 4 is 28.6 Å². The molecule has 7 nitrogen and oxygen atoms in total. The van der Waals surface area contributed by atoms with Crippen LogP contribution in [0.3, 0.4) is 0 Å². The largest absolute Gasteiger partial charge is 0.347 e. The molecule has 4 saturated carbocycles. The van der Waals surface area contributed by atoms with Gasteiger partial charge in [0.15, 0.2) is 0 Å². The second kappa shape index (κ2) is 7.94. The highest BCUT2D eigenvalue weighted by atomic mass is 16.2. The van der Waals surface area contributed by atoms with Gasteiger partial charge in [-0.25, -0.2) is 4.98 Å². The van der Waals surface area contributed by atoms with Crippen LogP contribution in [-0.2, 0) is 9.59 Å². The first-order valence-electron chi connectivity index (χ1n) is 11.2. The van der Waals surface area contributed by atoms with E-state index in [0.29, 0.717) is 11.9 Å². The van der Waals surface area contributed by atoms with Crippen LogP contribution in [-0.4, -0.2) is 29.3 Å². The SMILES string of the molecule is O=C(CC12CC3CC(CC(C3)C1)C2)NCC(=O)NNC(=O)c1ccc2ccccc2n1. The lowest BCUT2D eigenvalue weighted by Crippen LogP contribution is -2.49. The molecule has 31 heavy (non-hydrogen) atoms. The highest BCUT2D eigenvalue weighted by Crippen LogP contribution is 2.61. The van der Waals surface area contributed by atoms with Gasteiger partial charge in [-0.15, -0.1) is 0 Å². The molecule has 3 N–H and O–H groups in total. The molecule has 0 saturated heterocycles. The Kier molecular flexibility index (Phi) is 5.12. The molecule has 4 fully saturated rings. The average molecular weight is 421 g/mol. The number of carbonyl (C=O) groups is 3. The summed E-state index contributed by atoms with van der Waals surface area (Å²) in [7, 11) is 0. The van der Waals surface area contributed by atoms with Gasteiger partial charge in [-0.1, -0.05) is 24.3 Å². The standard InChI is InChI=1S/C24H28N4O3/c29-21(13-24-10-15-7-16(11-24)9-17(8-15)12-24)25-14-22(30)27-28-23(31)20-6-5-18-3-1-2-4-19(18)26-20/h1-6,15-17H,7-14H2,(H,25,29)(H,27,30)(H,28,31). The van der Waals surface area contributed by atoms with Gasteiger partial charge in [-0.05, 0) is 73.8 Å². The van der Waals surface area contributed by atoms with Crippen LogP contribution in [0.25, 0.3) is 10.9 Å². The second-order valence-electron chi connectivity index (χ2n) is 9.76. The van der Waals surface area contributed by atoms with E-state index in [4.69, 9.17) is 0 Å². The Morgan fingerprint density at radius 3 is 2.26 bits per heavy atom. The van der Waals surface area contributed by atoms with E-state index < -0.39 is 11.8 Å². The molecule has 0 unspecified atom stereocenters. The van der Waals surface area contributed by atoms with Crippen molar-refractivity contribution in [2.24, 2.45) is 23.2 Å². The van der Waals surface area contributed by atoms with Gasteiger partial charge in [0.2, 0.25) is 5.91 Å². The van der Waals surface area contributed by atoms with Crippen LogP contribution < -0.4 is 16.2 Å². The molecule has 2 aromatic rings. The maximum atomic E-state index is 12.5. The fourth-order valence-corrected chi connectivity index (χ4v) is 6.52. The predicted octanol–water partition coefficient (Wildman–Crippen LogP) is 2.72. The predicted molar refractivity (Wildman–Crippen MR) is 116 cm³/mol. The summed E-state index contributed by atoms with van der Waals surface area (Å²) in [4.78, 5) is 41.2. The van der Waals surface area contributed by atoms with Crippen LogP contribution in [0.1, 0.15) is 55.4 Å². The Balaban J connectivity index is 1.08. The van der Waals surface area contributed by atoms with E-state index in [9.17, 15) is 14.4 Å². The Labute approximate surface area is 181 Å². The van der Waals surface area contributed by atoms with Gasteiger partial charge in [-0.3, -0.25) is 25.2 Å². The number of nitrogens with zero attached hydrogens (tertiary/aromatic N) is 1. The molecule has 4 aliphatic rings. The quantitative estimate of drug-likeness (QED) is 0.648. The maximum absolute atomic E-state index is 12.5. The Hall–Kier alpha value is -2.96. The molecular formula is C24H28N4O3. The van der Waals surface area contributed by atoms with Gasteiger partial charge in [-0.2, -0.15) is 0 Å². The van der Waals surface area contributed by atoms with Gasteiger partial charge >= 0.3 is 0 Å². The van der Waals surface area contributed by atoms with E-state index in [0.717, 1.165) is 42.4 Å². The number of hydrogen-bond donors (Lipinski definition) is 3. The van der Waals surface area contributed by atoms with E-state index in [1.807, 2.05) is 30.3 Å². The molecule has 4 bridgehead atoms. The second-order valence-corrected chi connectivity index (χ2v) is 9.76. The van der Waals surface area contributed by atoms with Crippen LogP contribution in [0.2, 0.25) is 0 Å². The summed E-state index contributed by atoms with van der Waals surface area (Å²) < 4.78 is 0. The minimum atomic E-state index is -0.501. The van der Waals surface area contributed by atoms with Crippen molar-refractivity contribution in [1.82, 2.24) is 21.2 Å². The maximum Gasteiger partial charge on any atom is 0.288 e. The molecule has 162 valence electrons. The number of aromatic nitrogens is 1. The van der Waals surface area contributed by atoms with E-state index in [2.05, 4.69) is 21.2 Å². The number of fused-ring (bicyclic) bond motifs is 1. The highest BCUT2D eigenvalue weighted by molar-refractivity contribution is 5.96. The number of hydrogen-bond acceptors (Lipinski definition) is 4. The van der Waals surface area contributed by atoms with Gasteiger partial charge in [0.05, 0.1) is 12.1 Å². The van der Waals surface area contributed by atoms with Crippen LogP contribution >= 0.6 is 0 Å². The van der Waals surface area contributed by atoms with E-state index >= 15 is 0 Å². The lowest BCUT2D eigenvalue weighted by molar-refractivity contribution is -0.132. The van der Waals surface area contributed by atoms with Gasteiger partial charge in [0.1, 0.15) is 5.69 Å². The van der Waals surface area contributed by atoms with Crippen molar-refractivity contribution in [3.63, 3.8) is 0 Å². The van der Waals surface area contributed by atoms with Crippen LogP contribution in [0.15, 0.2) is 36.4 Å². The third kappa shape index (κ3) is 4.27. The Morgan fingerprint density at radius 2 is 1.55 bits per heavy atom. The molecule has 0 atom stereocenters. The third-order valence-electron chi connectivity index (χ3n) is 7.29. The summed E-state index contributed by atoms with van der Waals surface area (Å²) in [6.45, 7) is -0.156. The van der Waals surface area contributed by atoms with Crippen molar-refractivity contribution in [2.75, 3.05) is 6.54 Å². The number of benzene rings is 1. The monoisotopic (exact) mass is 420 g/mol. The third-order valence-corrected chi connectivity index (χ3v) is 7.29. The molecule has 6 rings (SSSR count). The number of amides is 3. The van der Waals surface area contributed by atoms with Gasteiger partial charge in [0.25, 0.3) is 11.8 Å². The van der Waals surface area contributed by atoms with Gasteiger partial charge in [0, 0.05) is 11.8 Å². The molecule has 1 heterocycles. The Bertz CT molecular complexity index is 999. The first kappa shape index (κ1) is 20.0. The summed E-state index contributed by atoms with van der Waals surface area (Å²) in [6.07, 6.45) is 8.02. The molecule has 0 radical (unpaired) electrons. The minimum Gasteiger partial charge on any atom is -0.347 e.